The maximum absolute atomic E-state index is 13.1. The molecule has 4 rings (SSSR count). The number of ether oxygens (including phenoxy) is 1. The molecular weight excluding hydrogens is 402 g/mol. The predicted molar refractivity (Wildman–Crippen MR) is 118 cm³/mol. The molecule has 8 nitrogen and oxygen atoms in total. The average Bonchev–Trinajstić information content (AvgIpc) is 3.08. The molecule has 0 aliphatic carbocycles. The zero-order valence-electron chi connectivity index (χ0n) is 17.0. The lowest BCUT2D eigenvalue weighted by atomic mass is 9.99. The SMILES string of the molecule is CC(C)N(CCO)C(=O)N1CC2=C(CCOc3ccc(-c4cnc(N)nc4)cc32)S1. The van der Waals surface area contributed by atoms with Gasteiger partial charge in [-0.2, -0.15) is 0 Å². The van der Waals surface area contributed by atoms with Crippen molar-refractivity contribution in [2.24, 2.45) is 0 Å². The number of nitrogen functional groups attached to an aromatic ring is 1. The third-order valence-corrected chi connectivity index (χ3v) is 6.36. The standard InChI is InChI=1S/C21H25N5O3S/c1-13(2)25(6-7-27)21(28)26-12-17-16-9-14(15-10-23-20(22)24-11-15)3-4-18(16)29-8-5-19(17)30-26/h3-4,9-11,13,27H,5-8,12H2,1-2H3,(H2,22,23,24). The summed E-state index contributed by atoms with van der Waals surface area (Å²) in [6, 6.07) is 5.93. The lowest BCUT2D eigenvalue weighted by Crippen LogP contribution is -2.44. The van der Waals surface area contributed by atoms with E-state index in [1.165, 1.54) is 11.9 Å². The van der Waals surface area contributed by atoms with E-state index in [1.54, 1.807) is 21.6 Å². The van der Waals surface area contributed by atoms with E-state index in [4.69, 9.17) is 10.5 Å². The van der Waals surface area contributed by atoms with Crippen molar-refractivity contribution in [2.45, 2.75) is 26.3 Å². The summed E-state index contributed by atoms with van der Waals surface area (Å²) in [7, 11) is 0. The molecule has 2 aliphatic heterocycles. The second kappa shape index (κ2) is 8.53. The van der Waals surface area contributed by atoms with E-state index in [2.05, 4.69) is 16.0 Å². The van der Waals surface area contributed by atoms with Crippen molar-refractivity contribution in [3.63, 3.8) is 0 Å². The Bertz CT molecular complexity index is 977. The summed E-state index contributed by atoms with van der Waals surface area (Å²) in [5.74, 6) is 1.05. The maximum Gasteiger partial charge on any atom is 0.330 e. The van der Waals surface area contributed by atoms with Crippen LogP contribution in [0.5, 0.6) is 5.75 Å². The Kier molecular flexibility index (Phi) is 5.83. The average molecular weight is 428 g/mol. The van der Waals surface area contributed by atoms with Crippen LogP contribution in [-0.4, -0.2) is 62.7 Å². The molecule has 0 bridgehead atoms. The number of anilines is 1. The number of benzene rings is 1. The highest BCUT2D eigenvalue weighted by Crippen LogP contribution is 2.45. The van der Waals surface area contributed by atoms with E-state index in [0.29, 0.717) is 19.7 Å². The van der Waals surface area contributed by atoms with Crippen molar-refractivity contribution in [3.8, 4) is 16.9 Å². The Morgan fingerprint density at radius 1 is 1.33 bits per heavy atom. The Hall–Kier alpha value is -2.78. The van der Waals surface area contributed by atoms with Gasteiger partial charge in [0.15, 0.2) is 0 Å². The summed E-state index contributed by atoms with van der Waals surface area (Å²) in [6.07, 6.45) is 4.15. The number of nitrogens with zero attached hydrogens (tertiary/aromatic N) is 4. The summed E-state index contributed by atoms with van der Waals surface area (Å²) in [4.78, 5) is 24.1. The number of aliphatic hydroxyl groups excluding tert-OH is 1. The number of carbonyl (C=O) groups excluding carboxylic acids is 1. The molecule has 0 radical (unpaired) electrons. The van der Waals surface area contributed by atoms with Crippen molar-refractivity contribution < 1.29 is 14.6 Å². The van der Waals surface area contributed by atoms with Crippen LogP contribution in [-0.2, 0) is 0 Å². The van der Waals surface area contributed by atoms with Gasteiger partial charge < -0.3 is 20.5 Å². The van der Waals surface area contributed by atoms with E-state index >= 15 is 0 Å². The number of hydrogen-bond acceptors (Lipinski definition) is 7. The second-order valence-electron chi connectivity index (χ2n) is 7.46. The van der Waals surface area contributed by atoms with Gasteiger partial charge in [0.2, 0.25) is 5.95 Å². The minimum Gasteiger partial charge on any atom is -0.493 e. The zero-order chi connectivity index (χ0) is 21.3. The molecule has 2 amide bonds. The summed E-state index contributed by atoms with van der Waals surface area (Å²) in [6.45, 7) is 5.23. The molecule has 0 saturated carbocycles. The molecule has 30 heavy (non-hydrogen) atoms. The Morgan fingerprint density at radius 2 is 2.10 bits per heavy atom. The maximum atomic E-state index is 13.1. The summed E-state index contributed by atoms with van der Waals surface area (Å²) < 4.78 is 7.73. The van der Waals surface area contributed by atoms with Crippen molar-refractivity contribution in [1.29, 1.82) is 0 Å². The molecule has 0 fully saturated rings. The highest BCUT2D eigenvalue weighted by Gasteiger charge is 2.34. The number of fused-ring (bicyclic) bond motifs is 2. The fourth-order valence-corrected chi connectivity index (χ4v) is 4.73. The van der Waals surface area contributed by atoms with E-state index in [-0.39, 0.29) is 24.6 Å². The minimum atomic E-state index is -0.0809. The number of aliphatic hydroxyl groups is 1. The van der Waals surface area contributed by atoms with Gasteiger partial charge in [-0.25, -0.2) is 14.8 Å². The van der Waals surface area contributed by atoms with Gasteiger partial charge >= 0.3 is 6.03 Å². The van der Waals surface area contributed by atoms with Gasteiger partial charge in [-0.3, -0.25) is 4.31 Å². The lowest BCUT2D eigenvalue weighted by molar-refractivity contribution is 0.150. The molecule has 2 aliphatic rings. The van der Waals surface area contributed by atoms with Gasteiger partial charge in [0.25, 0.3) is 0 Å². The van der Waals surface area contributed by atoms with E-state index < -0.39 is 0 Å². The molecule has 3 N–H and O–H groups in total. The Balaban J connectivity index is 1.64. The third-order valence-electron chi connectivity index (χ3n) is 5.18. The van der Waals surface area contributed by atoms with Crippen LogP contribution in [0, 0.1) is 0 Å². The molecular formula is C21H25N5O3S. The molecule has 158 valence electrons. The molecule has 3 heterocycles. The number of hydrogen-bond donors (Lipinski definition) is 2. The molecule has 9 heteroatoms. The molecule has 0 saturated heterocycles. The molecule has 0 unspecified atom stereocenters. The molecule has 1 aromatic heterocycles. The van der Waals surface area contributed by atoms with Crippen molar-refractivity contribution in [3.05, 3.63) is 41.1 Å². The first kappa shape index (κ1) is 20.5. The quantitative estimate of drug-likeness (QED) is 0.723. The number of rotatable bonds is 4. The number of carbonyl (C=O) groups is 1. The first-order valence-corrected chi connectivity index (χ1v) is 10.7. The van der Waals surface area contributed by atoms with Crippen molar-refractivity contribution >= 4 is 29.5 Å². The lowest BCUT2D eigenvalue weighted by Gasteiger charge is -2.30. The highest BCUT2D eigenvalue weighted by molar-refractivity contribution is 8.01. The first-order valence-electron chi connectivity index (χ1n) is 9.92. The molecule has 0 spiro atoms. The zero-order valence-corrected chi connectivity index (χ0v) is 17.9. The van der Waals surface area contributed by atoms with Crippen LogP contribution in [0.2, 0.25) is 0 Å². The van der Waals surface area contributed by atoms with Gasteiger partial charge in [-0.05, 0) is 49.1 Å². The third kappa shape index (κ3) is 3.95. The fraction of sp³-hybridized carbons (Fsp3) is 0.381. The van der Waals surface area contributed by atoms with Gasteiger partial charge in [0.1, 0.15) is 5.75 Å². The van der Waals surface area contributed by atoms with Gasteiger partial charge in [0, 0.05) is 47.4 Å². The largest absolute Gasteiger partial charge is 0.493 e. The summed E-state index contributed by atoms with van der Waals surface area (Å²) >= 11 is 1.47. The number of aromatic nitrogens is 2. The van der Waals surface area contributed by atoms with Crippen LogP contribution in [0.15, 0.2) is 35.5 Å². The van der Waals surface area contributed by atoms with Crippen LogP contribution in [0.1, 0.15) is 25.8 Å². The number of nitrogens with two attached hydrogens (primary N) is 1. The van der Waals surface area contributed by atoms with Crippen molar-refractivity contribution in [1.82, 2.24) is 19.2 Å². The monoisotopic (exact) mass is 427 g/mol. The highest BCUT2D eigenvalue weighted by atomic mass is 32.2. The van der Waals surface area contributed by atoms with Crippen LogP contribution < -0.4 is 10.5 Å². The minimum absolute atomic E-state index is 0.0124. The van der Waals surface area contributed by atoms with Crippen LogP contribution in [0.3, 0.4) is 0 Å². The number of amides is 2. The predicted octanol–water partition coefficient (Wildman–Crippen LogP) is 3.01. The molecule has 0 atom stereocenters. The first-order chi connectivity index (χ1) is 14.5. The molecule has 2 aromatic rings. The van der Waals surface area contributed by atoms with Gasteiger partial charge in [-0.1, -0.05) is 6.07 Å². The number of urea groups is 1. The van der Waals surface area contributed by atoms with E-state index in [0.717, 1.165) is 39.3 Å². The van der Waals surface area contributed by atoms with Crippen molar-refractivity contribution in [2.75, 3.05) is 32.0 Å². The van der Waals surface area contributed by atoms with Gasteiger partial charge in [-0.15, -0.1) is 0 Å². The van der Waals surface area contributed by atoms with Crippen LogP contribution >= 0.6 is 11.9 Å². The normalized spacial score (nSPS) is 15.5. The molecule has 1 aromatic carbocycles. The van der Waals surface area contributed by atoms with E-state index in [9.17, 15) is 9.90 Å². The fourth-order valence-electron chi connectivity index (χ4n) is 3.63. The Morgan fingerprint density at radius 3 is 2.80 bits per heavy atom. The smallest absolute Gasteiger partial charge is 0.330 e. The van der Waals surface area contributed by atoms with Crippen LogP contribution in [0.25, 0.3) is 16.7 Å². The van der Waals surface area contributed by atoms with E-state index in [1.807, 2.05) is 26.0 Å². The summed E-state index contributed by atoms with van der Waals surface area (Å²) in [5, 5.41) is 9.34. The van der Waals surface area contributed by atoms with Gasteiger partial charge in [0.05, 0.1) is 19.8 Å². The second-order valence-corrected chi connectivity index (χ2v) is 8.58. The topological polar surface area (TPSA) is 105 Å². The Labute approximate surface area is 179 Å². The van der Waals surface area contributed by atoms with Crippen LogP contribution in [0.4, 0.5) is 10.7 Å². The summed E-state index contributed by atoms with van der Waals surface area (Å²) in [5.41, 5.74) is 9.52.